The quantitative estimate of drug-likeness (QED) is 0.432. The molecule has 3 rings (SSSR count). The predicted molar refractivity (Wildman–Crippen MR) is 75.6 cm³/mol. The third kappa shape index (κ3) is 2.53. The average molecular weight is 325 g/mol. The highest BCUT2D eigenvalue weighted by Gasteiger charge is 2.17. The van der Waals surface area contributed by atoms with Crippen LogP contribution in [0.2, 0.25) is 5.15 Å². The Bertz CT molecular complexity index is 859. The van der Waals surface area contributed by atoms with Crippen molar-refractivity contribution in [2.24, 2.45) is 0 Å². The number of halogens is 1. The number of rotatable bonds is 3. The highest BCUT2D eigenvalue weighted by molar-refractivity contribution is 7.17. The molecule has 0 saturated heterocycles. The lowest BCUT2D eigenvalue weighted by Gasteiger charge is -2.02. The number of hydrogen-bond donors (Lipinski definition) is 2. The van der Waals surface area contributed by atoms with E-state index in [1.54, 1.807) is 0 Å². The minimum Gasteiger partial charge on any atom is -0.341 e. The molecule has 9 nitrogen and oxygen atoms in total. The first-order valence-electron chi connectivity index (χ1n) is 5.47. The summed E-state index contributed by atoms with van der Waals surface area (Å²) < 4.78 is 0. The van der Waals surface area contributed by atoms with E-state index in [0.717, 1.165) is 11.3 Å². The Balaban J connectivity index is 1.86. The number of aromatic nitrogens is 4. The summed E-state index contributed by atoms with van der Waals surface area (Å²) in [6.07, 6.45) is 1.40. The number of carbonyl (C=O) groups is 1. The van der Waals surface area contributed by atoms with E-state index >= 15 is 0 Å². The van der Waals surface area contributed by atoms with E-state index in [9.17, 15) is 14.9 Å². The van der Waals surface area contributed by atoms with Gasteiger partial charge >= 0.3 is 5.00 Å². The van der Waals surface area contributed by atoms with Crippen LogP contribution in [0.25, 0.3) is 11.2 Å². The van der Waals surface area contributed by atoms with Gasteiger partial charge in [0.05, 0.1) is 16.1 Å². The van der Waals surface area contributed by atoms with Crippen LogP contribution in [0.4, 0.5) is 10.9 Å². The van der Waals surface area contributed by atoms with Gasteiger partial charge < -0.3 is 4.98 Å². The van der Waals surface area contributed by atoms with Crippen LogP contribution in [0.15, 0.2) is 18.5 Å². The average Bonchev–Trinajstić information content (AvgIpc) is 3.07. The van der Waals surface area contributed by atoms with Gasteiger partial charge in [0, 0.05) is 6.07 Å². The van der Waals surface area contributed by atoms with Crippen LogP contribution in [0.1, 0.15) is 9.67 Å². The fourth-order valence-electron chi connectivity index (χ4n) is 1.56. The molecule has 21 heavy (non-hydrogen) atoms. The fraction of sp³-hybridized carbons (Fsp3) is 0. The maximum absolute atomic E-state index is 12.0. The molecule has 0 radical (unpaired) electrons. The van der Waals surface area contributed by atoms with E-state index in [2.05, 4.69) is 25.3 Å². The molecule has 0 aliphatic carbocycles. The number of anilines is 1. The second kappa shape index (κ2) is 5.07. The Hall–Kier alpha value is -2.59. The molecule has 0 fully saturated rings. The normalized spacial score (nSPS) is 10.7. The van der Waals surface area contributed by atoms with Crippen molar-refractivity contribution in [2.75, 3.05) is 5.32 Å². The van der Waals surface area contributed by atoms with Gasteiger partial charge in [-0.05, 0) is 6.07 Å². The van der Waals surface area contributed by atoms with Gasteiger partial charge in [-0.1, -0.05) is 22.9 Å². The largest absolute Gasteiger partial charge is 0.341 e. The molecule has 0 saturated carbocycles. The molecular weight excluding hydrogens is 320 g/mol. The Morgan fingerprint density at radius 3 is 2.95 bits per heavy atom. The van der Waals surface area contributed by atoms with Crippen molar-refractivity contribution in [1.82, 2.24) is 19.9 Å². The number of amides is 1. The minimum atomic E-state index is -0.565. The van der Waals surface area contributed by atoms with Gasteiger partial charge in [-0.3, -0.25) is 20.2 Å². The molecule has 3 aromatic heterocycles. The van der Waals surface area contributed by atoms with Gasteiger partial charge in [0.1, 0.15) is 5.52 Å². The van der Waals surface area contributed by atoms with Crippen molar-refractivity contribution in [3.05, 3.63) is 38.6 Å². The van der Waals surface area contributed by atoms with E-state index in [1.165, 1.54) is 18.5 Å². The molecule has 2 N–H and O–H groups in total. The molecule has 1 amide bonds. The number of nitro groups is 1. The Kier molecular flexibility index (Phi) is 3.23. The SMILES string of the molecule is O=C(Nc1nc(Cl)c2[nH]cnc2n1)c1ccc([N+](=O)[O-])s1. The van der Waals surface area contributed by atoms with Crippen LogP contribution in [-0.4, -0.2) is 30.8 Å². The van der Waals surface area contributed by atoms with Gasteiger partial charge in [0.2, 0.25) is 5.95 Å². The summed E-state index contributed by atoms with van der Waals surface area (Å²) in [5.41, 5.74) is 0.767. The fourth-order valence-corrected chi connectivity index (χ4v) is 2.50. The molecule has 0 spiro atoms. The molecule has 0 aliphatic heterocycles. The number of aromatic amines is 1. The number of thiophene rings is 1. The zero-order chi connectivity index (χ0) is 15.0. The Morgan fingerprint density at radius 1 is 1.43 bits per heavy atom. The summed E-state index contributed by atoms with van der Waals surface area (Å²) in [7, 11) is 0. The van der Waals surface area contributed by atoms with Gasteiger partial charge in [0.25, 0.3) is 5.91 Å². The number of imidazole rings is 1. The van der Waals surface area contributed by atoms with E-state index in [1.807, 2.05) is 0 Å². The summed E-state index contributed by atoms with van der Waals surface area (Å²) in [5.74, 6) is -0.584. The van der Waals surface area contributed by atoms with E-state index in [4.69, 9.17) is 11.6 Å². The molecule has 0 atom stereocenters. The van der Waals surface area contributed by atoms with E-state index < -0.39 is 10.8 Å². The molecule has 0 unspecified atom stereocenters. The van der Waals surface area contributed by atoms with Crippen LogP contribution in [0.3, 0.4) is 0 Å². The maximum Gasteiger partial charge on any atom is 0.324 e. The van der Waals surface area contributed by atoms with Crippen LogP contribution in [0.5, 0.6) is 0 Å². The topological polar surface area (TPSA) is 127 Å². The van der Waals surface area contributed by atoms with Crippen molar-refractivity contribution in [3.63, 3.8) is 0 Å². The second-order valence-corrected chi connectivity index (χ2v) is 5.21. The highest BCUT2D eigenvalue weighted by atomic mass is 35.5. The first-order valence-corrected chi connectivity index (χ1v) is 6.66. The van der Waals surface area contributed by atoms with Crippen molar-refractivity contribution in [3.8, 4) is 0 Å². The summed E-state index contributed by atoms with van der Waals surface area (Å²) in [4.78, 5) is 36.7. The van der Waals surface area contributed by atoms with E-state index in [0.29, 0.717) is 11.2 Å². The van der Waals surface area contributed by atoms with Crippen LogP contribution in [-0.2, 0) is 0 Å². The first-order chi connectivity index (χ1) is 10.0. The Morgan fingerprint density at radius 2 is 2.24 bits per heavy atom. The molecule has 11 heteroatoms. The van der Waals surface area contributed by atoms with Crippen LogP contribution < -0.4 is 5.32 Å². The minimum absolute atomic E-state index is 0.0272. The number of fused-ring (bicyclic) bond motifs is 1. The lowest BCUT2D eigenvalue weighted by molar-refractivity contribution is -0.380. The number of H-pyrrole nitrogens is 1. The third-order valence-corrected chi connectivity index (χ3v) is 3.77. The molecule has 3 heterocycles. The lowest BCUT2D eigenvalue weighted by atomic mass is 10.4. The first kappa shape index (κ1) is 13.4. The number of hydrogen-bond acceptors (Lipinski definition) is 7. The summed E-state index contributed by atoms with van der Waals surface area (Å²) >= 11 is 6.67. The lowest BCUT2D eigenvalue weighted by Crippen LogP contribution is -2.13. The molecular formula is C10H5ClN6O3S. The molecule has 0 aliphatic rings. The van der Waals surface area contributed by atoms with Crippen molar-refractivity contribution >= 4 is 51.0 Å². The summed E-state index contributed by atoms with van der Waals surface area (Å²) in [6.45, 7) is 0. The second-order valence-electron chi connectivity index (χ2n) is 3.79. The standard InChI is InChI=1S/C10H5ClN6O3S/c11-7-6-8(13-3-12-6)15-10(14-7)16-9(18)4-1-2-5(21-4)17(19)20/h1-3H,(H2,12,13,14,15,16,18). The Labute approximate surface area is 125 Å². The number of nitrogens with zero attached hydrogens (tertiary/aromatic N) is 4. The van der Waals surface area contributed by atoms with Crippen molar-refractivity contribution in [2.45, 2.75) is 0 Å². The smallest absolute Gasteiger partial charge is 0.324 e. The third-order valence-electron chi connectivity index (χ3n) is 2.46. The maximum atomic E-state index is 12.0. The monoisotopic (exact) mass is 324 g/mol. The number of carbonyl (C=O) groups excluding carboxylic acids is 1. The molecule has 0 bridgehead atoms. The summed E-state index contributed by atoms with van der Waals surface area (Å²) in [6, 6.07) is 2.61. The van der Waals surface area contributed by atoms with Crippen LogP contribution in [0, 0.1) is 10.1 Å². The molecule has 0 aromatic carbocycles. The highest BCUT2D eigenvalue weighted by Crippen LogP contribution is 2.25. The van der Waals surface area contributed by atoms with Crippen molar-refractivity contribution < 1.29 is 9.72 Å². The van der Waals surface area contributed by atoms with Crippen LogP contribution >= 0.6 is 22.9 Å². The van der Waals surface area contributed by atoms with Gasteiger partial charge in [-0.25, -0.2) is 4.98 Å². The predicted octanol–water partition coefficient (Wildman–Crippen LogP) is 2.23. The zero-order valence-corrected chi connectivity index (χ0v) is 11.6. The summed E-state index contributed by atoms with van der Waals surface area (Å²) in [5, 5.41) is 13.0. The zero-order valence-electron chi connectivity index (χ0n) is 10.0. The molecule has 106 valence electrons. The van der Waals surface area contributed by atoms with Crippen molar-refractivity contribution in [1.29, 1.82) is 0 Å². The van der Waals surface area contributed by atoms with E-state index in [-0.39, 0.29) is 21.0 Å². The van der Waals surface area contributed by atoms with Gasteiger partial charge in [-0.15, -0.1) is 0 Å². The molecule has 3 aromatic rings. The number of nitrogens with one attached hydrogen (secondary N) is 2. The van der Waals surface area contributed by atoms with Gasteiger partial charge in [0.15, 0.2) is 10.8 Å². The van der Waals surface area contributed by atoms with Gasteiger partial charge in [-0.2, -0.15) is 9.97 Å².